The highest BCUT2D eigenvalue weighted by Crippen LogP contribution is 2.28. The van der Waals surface area contributed by atoms with Crippen molar-refractivity contribution in [2.45, 2.75) is 50.7 Å². The standard InChI is InChI=1S/C24H33N7O2/c25-19-2-5-20(6-3-19)30-11-7-17-15-21(4-1-18(17)16-30)31-12-8-22(28-24(31)33)27-23(32)29-13-9-26-10-14-29/h1,4,8,12,15,19-20,26H,2-3,5-7,9-11,13-14,16,25H2,(H,27,28,32,33). The number of benzene rings is 1. The fourth-order valence-corrected chi connectivity index (χ4v) is 5.22. The Morgan fingerprint density at radius 3 is 2.61 bits per heavy atom. The van der Waals surface area contributed by atoms with Crippen LogP contribution >= 0.6 is 0 Å². The molecule has 9 heteroatoms. The predicted octanol–water partition coefficient (Wildman–Crippen LogP) is 1.30. The molecule has 2 aliphatic heterocycles. The summed E-state index contributed by atoms with van der Waals surface area (Å²) in [6.45, 7) is 4.83. The zero-order chi connectivity index (χ0) is 22.8. The summed E-state index contributed by atoms with van der Waals surface area (Å²) in [7, 11) is 0. The van der Waals surface area contributed by atoms with Gasteiger partial charge in [0.25, 0.3) is 0 Å². The van der Waals surface area contributed by atoms with Crippen molar-refractivity contribution in [3.05, 3.63) is 52.1 Å². The SMILES string of the molecule is NC1CCC(N2CCc3cc(-n4ccc(NC(=O)N5CCNCC5)nc4=O)ccc3C2)CC1. The van der Waals surface area contributed by atoms with Gasteiger partial charge in [0.15, 0.2) is 0 Å². The van der Waals surface area contributed by atoms with E-state index in [1.807, 2.05) is 6.07 Å². The molecule has 0 unspecified atom stereocenters. The van der Waals surface area contributed by atoms with Crippen LogP contribution in [-0.2, 0) is 13.0 Å². The van der Waals surface area contributed by atoms with Crippen LogP contribution in [0.3, 0.4) is 0 Å². The molecule has 176 valence electrons. The number of piperazine rings is 1. The van der Waals surface area contributed by atoms with Crippen molar-refractivity contribution >= 4 is 11.8 Å². The Morgan fingerprint density at radius 2 is 1.85 bits per heavy atom. The van der Waals surface area contributed by atoms with E-state index in [0.29, 0.717) is 25.2 Å². The van der Waals surface area contributed by atoms with Crippen molar-refractivity contribution in [1.82, 2.24) is 24.7 Å². The van der Waals surface area contributed by atoms with Gasteiger partial charge in [0.2, 0.25) is 0 Å². The minimum absolute atomic E-state index is 0.223. The molecule has 3 heterocycles. The van der Waals surface area contributed by atoms with Crippen LogP contribution in [0, 0.1) is 0 Å². The summed E-state index contributed by atoms with van der Waals surface area (Å²) >= 11 is 0. The number of carbonyl (C=O) groups excluding carboxylic acids is 1. The van der Waals surface area contributed by atoms with Gasteiger partial charge in [0.1, 0.15) is 5.82 Å². The maximum Gasteiger partial charge on any atom is 0.354 e. The van der Waals surface area contributed by atoms with Crippen molar-refractivity contribution in [2.24, 2.45) is 5.73 Å². The molecule has 2 aromatic rings. The molecule has 1 aromatic heterocycles. The Bertz CT molecular complexity index is 1060. The Balaban J connectivity index is 1.26. The van der Waals surface area contributed by atoms with Crippen molar-refractivity contribution in [2.75, 3.05) is 38.0 Å². The van der Waals surface area contributed by atoms with E-state index in [2.05, 4.69) is 32.7 Å². The molecule has 0 spiro atoms. The number of rotatable bonds is 3. The van der Waals surface area contributed by atoms with Crippen molar-refractivity contribution in [1.29, 1.82) is 0 Å². The number of nitrogens with zero attached hydrogens (tertiary/aromatic N) is 4. The molecule has 3 aliphatic rings. The topological polar surface area (TPSA) is 109 Å². The van der Waals surface area contributed by atoms with E-state index < -0.39 is 5.69 Å². The summed E-state index contributed by atoms with van der Waals surface area (Å²) in [6.07, 6.45) is 7.28. The predicted molar refractivity (Wildman–Crippen MR) is 128 cm³/mol. The van der Waals surface area contributed by atoms with Crippen LogP contribution in [0.1, 0.15) is 36.8 Å². The lowest BCUT2D eigenvalue weighted by atomic mass is 9.88. The van der Waals surface area contributed by atoms with Crippen LogP contribution in [-0.4, -0.2) is 70.2 Å². The Morgan fingerprint density at radius 1 is 1.06 bits per heavy atom. The molecule has 1 saturated heterocycles. The molecule has 0 atom stereocenters. The fraction of sp³-hybridized carbons (Fsp3) is 0.542. The lowest BCUT2D eigenvalue weighted by molar-refractivity contribution is 0.135. The maximum atomic E-state index is 12.7. The number of hydrogen-bond donors (Lipinski definition) is 3. The first-order valence-corrected chi connectivity index (χ1v) is 12.0. The van der Waals surface area contributed by atoms with Gasteiger partial charge in [-0.25, -0.2) is 9.59 Å². The van der Waals surface area contributed by atoms with E-state index in [0.717, 1.165) is 51.1 Å². The summed E-state index contributed by atoms with van der Waals surface area (Å²) in [5.41, 5.74) is 9.11. The highest BCUT2D eigenvalue weighted by molar-refractivity contribution is 5.88. The van der Waals surface area contributed by atoms with Gasteiger partial charge >= 0.3 is 11.7 Å². The zero-order valence-electron chi connectivity index (χ0n) is 19.0. The number of hydrogen-bond acceptors (Lipinski definition) is 6. The van der Waals surface area contributed by atoms with E-state index in [9.17, 15) is 9.59 Å². The molecule has 33 heavy (non-hydrogen) atoms. The van der Waals surface area contributed by atoms with Gasteiger partial charge in [-0.1, -0.05) is 6.07 Å². The molecule has 9 nitrogen and oxygen atoms in total. The van der Waals surface area contributed by atoms with Gasteiger partial charge in [0, 0.05) is 57.5 Å². The highest BCUT2D eigenvalue weighted by Gasteiger charge is 2.27. The quantitative estimate of drug-likeness (QED) is 0.649. The average molecular weight is 452 g/mol. The summed E-state index contributed by atoms with van der Waals surface area (Å²) in [4.78, 5) is 33.5. The van der Waals surface area contributed by atoms with Gasteiger partial charge in [-0.05, 0) is 61.4 Å². The summed E-state index contributed by atoms with van der Waals surface area (Å²) in [5, 5.41) is 5.95. The normalized spacial score (nSPS) is 23.7. The Hall–Kier alpha value is -2.75. The molecule has 1 aromatic carbocycles. The first-order valence-electron chi connectivity index (χ1n) is 12.0. The molecule has 0 radical (unpaired) electrons. The van der Waals surface area contributed by atoms with Gasteiger partial charge in [-0.3, -0.25) is 14.8 Å². The molecular formula is C24H33N7O2. The molecule has 5 rings (SSSR count). The highest BCUT2D eigenvalue weighted by atomic mass is 16.2. The van der Waals surface area contributed by atoms with Gasteiger partial charge in [-0.15, -0.1) is 0 Å². The van der Waals surface area contributed by atoms with E-state index in [-0.39, 0.29) is 11.8 Å². The van der Waals surface area contributed by atoms with Gasteiger partial charge < -0.3 is 16.0 Å². The first kappa shape index (κ1) is 22.1. The lowest BCUT2D eigenvalue weighted by Crippen LogP contribution is -2.48. The number of aromatic nitrogens is 2. The van der Waals surface area contributed by atoms with E-state index >= 15 is 0 Å². The summed E-state index contributed by atoms with van der Waals surface area (Å²) < 4.78 is 1.54. The Kier molecular flexibility index (Phi) is 6.43. The van der Waals surface area contributed by atoms with Gasteiger partial charge in [0.05, 0.1) is 5.69 Å². The monoisotopic (exact) mass is 451 g/mol. The van der Waals surface area contributed by atoms with E-state index in [1.54, 1.807) is 17.2 Å². The van der Waals surface area contributed by atoms with Crippen LogP contribution in [0.5, 0.6) is 0 Å². The number of fused-ring (bicyclic) bond motifs is 1. The number of nitrogens with one attached hydrogen (secondary N) is 2. The van der Waals surface area contributed by atoms with Crippen molar-refractivity contribution in [3.8, 4) is 5.69 Å². The molecule has 0 bridgehead atoms. The molecule has 2 fully saturated rings. The third kappa shape index (κ3) is 4.95. The van der Waals surface area contributed by atoms with Crippen LogP contribution in [0.2, 0.25) is 0 Å². The zero-order valence-corrected chi connectivity index (χ0v) is 19.0. The van der Waals surface area contributed by atoms with Crippen LogP contribution < -0.4 is 22.1 Å². The lowest BCUT2D eigenvalue weighted by Gasteiger charge is -2.39. The largest absolute Gasteiger partial charge is 0.354 e. The third-order valence-electron chi connectivity index (χ3n) is 7.21. The smallest absolute Gasteiger partial charge is 0.328 e. The van der Waals surface area contributed by atoms with Crippen LogP contribution in [0.25, 0.3) is 5.69 Å². The number of amides is 2. The van der Waals surface area contributed by atoms with E-state index in [1.165, 1.54) is 28.5 Å². The second kappa shape index (κ2) is 9.62. The average Bonchev–Trinajstić information content (AvgIpc) is 2.84. The molecule has 4 N–H and O–H groups in total. The number of anilines is 1. The fourth-order valence-electron chi connectivity index (χ4n) is 5.22. The molecule has 2 amide bonds. The molecule has 1 saturated carbocycles. The van der Waals surface area contributed by atoms with E-state index in [4.69, 9.17) is 5.73 Å². The molecule has 1 aliphatic carbocycles. The molecular weight excluding hydrogens is 418 g/mol. The maximum absolute atomic E-state index is 12.7. The number of nitrogens with two attached hydrogens (primary N) is 1. The number of urea groups is 1. The third-order valence-corrected chi connectivity index (χ3v) is 7.21. The van der Waals surface area contributed by atoms with Crippen molar-refractivity contribution < 1.29 is 4.79 Å². The van der Waals surface area contributed by atoms with Crippen LogP contribution in [0.15, 0.2) is 35.3 Å². The summed E-state index contributed by atoms with van der Waals surface area (Å²) in [6, 6.07) is 8.68. The van der Waals surface area contributed by atoms with Gasteiger partial charge in [-0.2, -0.15) is 4.98 Å². The second-order valence-electron chi connectivity index (χ2n) is 9.37. The minimum atomic E-state index is -0.399. The number of carbonyl (C=O) groups is 1. The second-order valence-corrected chi connectivity index (χ2v) is 9.37. The first-order chi connectivity index (χ1) is 16.1. The van der Waals surface area contributed by atoms with Crippen LogP contribution in [0.4, 0.5) is 10.6 Å². The van der Waals surface area contributed by atoms with Crippen molar-refractivity contribution in [3.63, 3.8) is 0 Å². The minimum Gasteiger partial charge on any atom is -0.328 e. The summed E-state index contributed by atoms with van der Waals surface area (Å²) in [5.74, 6) is 0.278. The Labute approximate surface area is 194 Å².